The smallest absolute Gasteiger partial charge is 0.137 e. The van der Waals surface area contributed by atoms with E-state index in [1.165, 1.54) is 31.6 Å². The van der Waals surface area contributed by atoms with Crippen LogP contribution < -0.4 is 4.90 Å². The summed E-state index contributed by atoms with van der Waals surface area (Å²) >= 11 is 0. The van der Waals surface area contributed by atoms with Crippen molar-refractivity contribution in [3.05, 3.63) is 35.7 Å². The third kappa shape index (κ3) is 2.33. The number of hydrogen-bond acceptors (Lipinski definition) is 3. The molecule has 4 rings (SSSR count). The fourth-order valence-electron chi connectivity index (χ4n) is 3.44. The molecule has 0 amide bonds. The Labute approximate surface area is 124 Å². The van der Waals surface area contributed by atoms with E-state index < -0.39 is 6.10 Å². The largest absolute Gasteiger partial charge is 0.387 e. The van der Waals surface area contributed by atoms with Crippen LogP contribution in [0.15, 0.2) is 24.3 Å². The van der Waals surface area contributed by atoms with E-state index in [0.29, 0.717) is 0 Å². The predicted octanol–water partition coefficient (Wildman–Crippen LogP) is 3.05. The van der Waals surface area contributed by atoms with E-state index in [4.69, 9.17) is 0 Å². The molecule has 1 aromatic carbocycles. The van der Waals surface area contributed by atoms with E-state index in [0.717, 1.165) is 42.0 Å². The number of H-pyrrole nitrogens is 1. The maximum absolute atomic E-state index is 10.0. The number of nitrogens with one attached hydrogen (secondary N) is 1. The van der Waals surface area contributed by atoms with Crippen LogP contribution >= 0.6 is 0 Å². The molecule has 21 heavy (non-hydrogen) atoms. The molecule has 4 heteroatoms. The van der Waals surface area contributed by atoms with Gasteiger partial charge in [0.1, 0.15) is 5.82 Å². The lowest BCUT2D eigenvalue weighted by molar-refractivity contribution is 0.152. The maximum atomic E-state index is 10.0. The van der Waals surface area contributed by atoms with Gasteiger partial charge in [-0.1, -0.05) is 0 Å². The van der Waals surface area contributed by atoms with Gasteiger partial charge < -0.3 is 15.0 Å². The molecule has 0 spiro atoms. The van der Waals surface area contributed by atoms with Gasteiger partial charge in [-0.2, -0.15) is 0 Å². The first-order valence-electron chi connectivity index (χ1n) is 7.93. The van der Waals surface area contributed by atoms with Crippen LogP contribution in [0, 0.1) is 0 Å². The van der Waals surface area contributed by atoms with Crippen molar-refractivity contribution in [2.45, 2.75) is 38.2 Å². The van der Waals surface area contributed by atoms with Crippen molar-refractivity contribution in [3.8, 4) is 11.4 Å². The van der Waals surface area contributed by atoms with Crippen molar-refractivity contribution in [1.29, 1.82) is 0 Å². The number of hydrogen-bond donors (Lipinski definition) is 2. The minimum absolute atomic E-state index is 0.400. The van der Waals surface area contributed by atoms with Crippen LogP contribution in [0.3, 0.4) is 0 Å². The second kappa shape index (κ2) is 5.19. The maximum Gasteiger partial charge on any atom is 0.137 e. The first-order valence-corrected chi connectivity index (χ1v) is 7.93. The molecule has 0 saturated carbocycles. The van der Waals surface area contributed by atoms with E-state index >= 15 is 0 Å². The van der Waals surface area contributed by atoms with Crippen LogP contribution in [0.1, 0.15) is 43.2 Å². The molecule has 1 aliphatic carbocycles. The van der Waals surface area contributed by atoms with Crippen molar-refractivity contribution >= 4 is 5.69 Å². The van der Waals surface area contributed by atoms with Crippen molar-refractivity contribution in [1.82, 2.24) is 9.97 Å². The number of aromatic amines is 1. The highest BCUT2D eigenvalue weighted by Gasteiger charge is 2.22. The Balaban J connectivity index is 1.61. The van der Waals surface area contributed by atoms with Gasteiger partial charge in [-0.25, -0.2) is 4.98 Å². The average Bonchev–Trinajstić information content (AvgIpc) is 3.18. The summed E-state index contributed by atoms with van der Waals surface area (Å²) in [7, 11) is 0. The van der Waals surface area contributed by atoms with Crippen molar-refractivity contribution < 1.29 is 5.11 Å². The molecule has 1 aromatic heterocycles. The molecular formula is C17H21N3O. The lowest BCUT2D eigenvalue weighted by Gasteiger charge is -2.17. The second-order valence-corrected chi connectivity index (χ2v) is 6.10. The fourth-order valence-corrected chi connectivity index (χ4v) is 3.44. The SMILES string of the molecule is OC1CCCc2[nH]c(-c3ccc(N4CCCC4)cc3)nc21. The standard InChI is InChI=1S/C17H21N3O/c21-15-5-3-4-14-16(15)19-17(18-14)12-6-8-13(9-7-12)20-10-1-2-11-20/h6-9,15,21H,1-5,10-11H2,(H,18,19). The number of aliphatic hydroxyl groups excluding tert-OH is 1. The van der Waals surface area contributed by atoms with Crippen LogP contribution in [0.25, 0.3) is 11.4 Å². The Morgan fingerprint density at radius 2 is 1.86 bits per heavy atom. The number of aromatic nitrogens is 2. The van der Waals surface area contributed by atoms with Gasteiger partial charge in [-0.05, 0) is 56.4 Å². The number of aliphatic hydroxyl groups is 1. The van der Waals surface area contributed by atoms with Gasteiger partial charge in [-0.3, -0.25) is 0 Å². The van der Waals surface area contributed by atoms with E-state index in [-0.39, 0.29) is 0 Å². The summed E-state index contributed by atoms with van der Waals surface area (Å²) in [4.78, 5) is 10.4. The topological polar surface area (TPSA) is 52.1 Å². The highest BCUT2D eigenvalue weighted by Crippen LogP contribution is 2.31. The van der Waals surface area contributed by atoms with Gasteiger partial charge in [0.2, 0.25) is 0 Å². The number of rotatable bonds is 2. The summed E-state index contributed by atoms with van der Waals surface area (Å²) in [5.74, 6) is 0.883. The van der Waals surface area contributed by atoms with Gasteiger partial charge >= 0.3 is 0 Å². The van der Waals surface area contributed by atoms with Crippen molar-refractivity contribution in [3.63, 3.8) is 0 Å². The summed E-state index contributed by atoms with van der Waals surface area (Å²) in [5, 5.41) is 10.0. The first kappa shape index (κ1) is 12.9. The lowest BCUT2D eigenvalue weighted by atomic mass is 9.99. The molecular weight excluding hydrogens is 262 g/mol. The molecule has 1 fully saturated rings. The number of benzene rings is 1. The summed E-state index contributed by atoms with van der Waals surface area (Å²) in [6.07, 6.45) is 5.04. The number of nitrogens with zero attached hydrogens (tertiary/aromatic N) is 2. The predicted molar refractivity (Wildman–Crippen MR) is 83.4 cm³/mol. The number of imidazole rings is 1. The Morgan fingerprint density at radius 3 is 2.57 bits per heavy atom. The molecule has 2 aromatic rings. The highest BCUT2D eigenvalue weighted by molar-refractivity contribution is 5.61. The van der Waals surface area contributed by atoms with Gasteiger partial charge in [0.05, 0.1) is 11.8 Å². The highest BCUT2D eigenvalue weighted by atomic mass is 16.3. The molecule has 0 radical (unpaired) electrons. The zero-order valence-electron chi connectivity index (χ0n) is 12.2. The summed E-state index contributed by atoms with van der Waals surface area (Å²) in [6, 6.07) is 8.62. The molecule has 110 valence electrons. The van der Waals surface area contributed by atoms with E-state index in [1.54, 1.807) is 0 Å². The lowest BCUT2D eigenvalue weighted by Crippen LogP contribution is -2.17. The van der Waals surface area contributed by atoms with Gasteiger partial charge in [0, 0.05) is 30.0 Å². The molecule has 1 unspecified atom stereocenters. The monoisotopic (exact) mass is 283 g/mol. The third-order valence-corrected chi connectivity index (χ3v) is 4.64. The van der Waals surface area contributed by atoms with E-state index in [9.17, 15) is 5.11 Å². The quantitative estimate of drug-likeness (QED) is 0.890. The molecule has 2 heterocycles. The second-order valence-electron chi connectivity index (χ2n) is 6.10. The zero-order chi connectivity index (χ0) is 14.2. The Morgan fingerprint density at radius 1 is 1.10 bits per heavy atom. The van der Waals surface area contributed by atoms with Gasteiger partial charge in [-0.15, -0.1) is 0 Å². The number of aryl methyl sites for hydroxylation is 1. The normalized spacial score (nSPS) is 21.6. The van der Waals surface area contributed by atoms with Crippen LogP contribution in [0.2, 0.25) is 0 Å². The van der Waals surface area contributed by atoms with Crippen molar-refractivity contribution in [2.75, 3.05) is 18.0 Å². The van der Waals surface area contributed by atoms with E-state index in [1.807, 2.05) is 0 Å². The molecule has 2 N–H and O–H groups in total. The minimum Gasteiger partial charge on any atom is -0.387 e. The number of fused-ring (bicyclic) bond motifs is 1. The zero-order valence-corrected chi connectivity index (χ0v) is 12.2. The number of anilines is 1. The first-order chi connectivity index (χ1) is 10.3. The van der Waals surface area contributed by atoms with Gasteiger partial charge in [0.15, 0.2) is 0 Å². The Bertz CT molecular complexity index is 626. The van der Waals surface area contributed by atoms with Crippen LogP contribution in [0.5, 0.6) is 0 Å². The molecule has 1 saturated heterocycles. The van der Waals surface area contributed by atoms with Crippen LogP contribution in [-0.2, 0) is 6.42 Å². The van der Waals surface area contributed by atoms with Crippen LogP contribution in [-0.4, -0.2) is 28.2 Å². The molecule has 1 atom stereocenters. The summed E-state index contributed by atoms with van der Waals surface area (Å²) in [5.41, 5.74) is 4.35. The average molecular weight is 283 g/mol. The molecule has 1 aliphatic heterocycles. The van der Waals surface area contributed by atoms with Gasteiger partial charge in [0.25, 0.3) is 0 Å². The Hall–Kier alpha value is -1.81. The molecule has 2 aliphatic rings. The minimum atomic E-state index is -0.400. The van der Waals surface area contributed by atoms with Crippen LogP contribution in [0.4, 0.5) is 5.69 Å². The fraction of sp³-hybridized carbons (Fsp3) is 0.471. The van der Waals surface area contributed by atoms with Crippen molar-refractivity contribution in [2.24, 2.45) is 0 Å². The summed E-state index contributed by atoms with van der Waals surface area (Å²) < 4.78 is 0. The summed E-state index contributed by atoms with van der Waals surface area (Å²) in [6.45, 7) is 2.33. The van der Waals surface area contributed by atoms with E-state index in [2.05, 4.69) is 39.1 Å². The molecule has 4 nitrogen and oxygen atoms in total. The third-order valence-electron chi connectivity index (χ3n) is 4.64. The molecule has 0 bridgehead atoms. The Kier molecular flexibility index (Phi) is 3.19.